The van der Waals surface area contributed by atoms with Gasteiger partial charge >= 0.3 is 6.18 Å². The van der Waals surface area contributed by atoms with E-state index in [1.807, 2.05) is 4.90 Å². The van der Waals surface area contributed by atoms with Crippen LogP contribution in [0, 0.1) is 11.7 Å². The first-order chi connectivity index (χ1) is 15.3. The van der Waals surface area contributed by atoms with E-state index in [1.165, 1.54) is 25.3 Å². The molecule has 1 N–H and O–H groups in total. The minimum Gasteiger partial charge on any atom is -0.494 e. The molecular weight excluding hydrogens is 432 g/mol. The predicted octanol–water partition coefficient (Wildman–Crippen LogP) is 2.82. The number of rotatable bonds is 5. The van der Waals surface area contributed by atoms with Gasteiger partial charge in [0.2, 0.25) is 5.91 Å². The van der Waals surface area contributed by atoms with Gasteiger partial charge in [-0.3, -0.25) is 4.79 Å². The second kappa shape index (κ2) is 8.60. The number of amides is 1. The molecule has 8 nitrogen and oxygen atoms in total. The first-order valence-corrected chi connectivity index (χ1v) is 9.91. The molecule has 3 aromatic rings. The van der Waals surface area contributed by atoms with Crippen LogP contribution in [0.3, 0.4) is 0 Å². The fourth-order valence-corrected chi connectivity index (χ4v) is 3.65. The van der Waals surface area contributed by atoms with E-state index in [-0.39, 0.29) is 29.8 Å². The molecule has 0 spiro atoms. The third kappa shape index (κ3) is 4.43. The van der Waals surface area contributed by atoms with Crippen molar-refractivity contribution in [2.75, 3.05) is 25.1 Å². The molecule has 0 atom stereocenters. The lowest BCUT2D eigenvalue weighted by atomic mass is 9.96. The third-order valence-corrected chi connectivity index (χ3v) is 5.37. The number of fused-ring (bicyclic) bond motifs is 1. The zero-order valence-corrected chi connectivity index (χ0v) is 17.1. The average Bonchev–Trinajstić information content (AvgIpc) is 3.21. The molecule has 1 aromatic carbocycles. The van der Waals surface area contributed by atoms with Gasteiger partial charge in [0.1, 0.15) is 5.82 Å². The fourth-order valence-electron chi connectivity index (χ4n) is 3.65. The van der Waals surface area contributed by atoms with Crippen LogP contribution < -0.4 is 15.0 Å². The van der Waals surface area contributed by atoms with Crippen LogP contribution in [0.25, 0.3) is 5.65 Å². The molecule has 4 rings (SSSR count). The quantitative estimate of drug-likeness (QED) is 0.600. The van der Waals surface area contributed by atoms with Crippen LogP contribution in [0.15, 0.2) is 30.3 Å². The Kier molecular flexibility index (Phi) is 5.85. The average molecular weight is 452 g/mol. The molecule has 0 aliphatic carbocycles. The smallest absolute Gasteiger partial charge is 0.453 e. The number of nitrogens with zero attached hydrogens (tertiary/aromatic N) is 5. The van der Waals surface area contributed by atoms with E-state index in [1.54, 1.807) is 12.1 Å². The highest BCUT2D eigenvalue weighted by molar-refractivity contribution is 5.79. The first-order valence-electron chi connectivity index (χ1n) is 9.91. The number of piperidine rings is 1. The summed E-state index contributed by atoms with van der Waals surface area (Å²) in [6, 6.07) is 7.50. The van der Waals surface area contributed by atoms with Gasteiger partial charge < -0.3 is 15.0 Å². The summed E-state index contributed by atoms with van der Waals surface area (Å²) in [6.45, 7) is 1.10. The SMILES string of the molecule is COc1ccc(CNC(=O)C2CCN(c3ccc4nnc(C(F)(F)F)n4n3)CC2)cc1F. The van der Waals surface area contributed by atoms with Crippen LogP contribution >= 0.6 is 0 Å². The molecule has 170 valence electrons. The monoisotopic (exact) mass is 452 g/mol. The Hall–Kier alpha value is -3.44. The number of benzene rings is 1. The van der Waals surface area contributed by atoms with Crippen LogP contribution in [0.1, 0.15) is 24.2 Å². The molecule has 3 heterocycles. The zero-order valence-electron chi connectivity index (χ0n) is 17.1. The number of anilines is 1. The fraction of sp³-hybridized carbons (Fsp3) is 0.400. The molecule has 1 fully saturated rings. The second-order valence-corrected chi connectivity index (χ2v) is 7.43. The van der Waals surface area contributed by atoms with Crippen LogP contribution in [-0.2, 0) is 17.5 Å². The van der Waals surface area contributed by atoms with Gasteiger partial charge in [0, 0.05) is 25.6 Å². The summed E-state index contributed by atoms with van der Waals surface area (Å²) in [5.41, 5.74) is 0.617. The molecule has 12 heteroatoms. The van der Waals surface area contributed by atoms with E-state index in [0.717, 1.165) is 0 Å². The largest absolute Gasteiger partial charge is 0.494 e. The Morgan fingerprint density at radius 3 is 2.59 bits per heavy atom. The number of ether oxygens (including phenoxy) is 1. The molecule has 1 aliphatic rings. The van der Waals surface area contributed by atoms with Crippen LogP contribution in [0.2, 0.25) is 0 Å². The maximum Gasteiger partial charge on any atom is 0.453 e. The Morgan fingerprint density at radius 1 is 1.19 bits per heavy atom. The van der Waals surface area contributed by atoms with E-state index in [9.17, 15) is 22.4 Å². The third-order valence-electron chi connectivity index (χ3n) is 5.37. The molecule has 32 heavy (non-hydrogen) atoms. The number of carbonyl (C=O) groups is 1. The molecule has 1 amide bonds. The van der Waals surface area contributed by atoms with E-state index in [4.69, 9.17) is 4.74 Å². The summed E-state index contributed by atoms with van der Waals surface area (Å²) in [4.78, 5) is 14.3. The summed E-state index contributed by atoms with van der Waals surface area (Å²) in [6.07, 6.45) is -3.64. The van der Waals surface area contributed by atoms with Gasteiger partial charge in [-0.05, 0) is 42.7 Å². The van der Waals surface area contributed by atoms with Crippen LogP contribution in [-0.4, -0.2) is 45.9 Å². The number of nitrogens with one attached hydrogen (secondary N) is 1. The zero-order chi connectivity index (χ0) is 22.9. The van der Waals surface area contributed by atoms with Crippen LogP contribution in [0.5, 0.6) is 5.75 Å². The summed E-state index contributed by atoms with van der Waals surface area (Å²) >= 11 is 0. The van der Waals surface area contributed by atoms with Gasteiger partial charge in [-0.15, -0.1) is 15.3 Å². The molecule has 0 unspecified atom stereocenters. The van der Waals surface area contributed by atoms with Crippen molar-refractivity contribution in [2.45, 2.75) is 25.6 Å². The standard InChI is InChI=1S/C20H20F4N6O2/c1-32-15-3-2-12(10-14(15)21)11-25-18(31)13-6-8-29(9-7-13)17-5-4-16-26-27-19(20(22,23)24)30(16)28-17/h2-5,10,13H,6-9,11H2,1H3,(H,25,31). The Labute approximate surface area is 180 Å². The Bertz CT molecular complexity index is 1120. The van der Waals surface area contributed by atoms with Crippen molar-refractivity contribution in [2.24, 2.45) is 5.92 Å². The minimum absolute atomic E-state index is 0.00491. The van der Waals surface area contributed by atoms with Crippen molar-refractivity contribution in [3.63, 3.8) is 0 Å². The molecule has 0 saturated carbocycles. The van der Waals surface area contributed by atoms with Gasteiger partial charge in [0.05, 0.1) is 7.11 Å². The van der Waals surface area contributed by atoms with E-state index < -0.39 is 17.8 Å². The highest BCUT2D eigenvalue weighted by Crippen LogP contribution is 2.28. The normalized spacial score (nSPS) is 15.2. The topological polar surface area (TPSA) is 84.6 Å². The highest BCUT2D eigenvalue weighted by atomic mass is 19.4. The number of hydrogen-bond donors (Lipinski definition) is 1. The first kappa shape index (κ1) is 21.8. The number of halogens is 4. The lowest BCUT2D eigenvalue weighted by Crippen LogP contribution is -2.40. The van der Waals surface area contributed by atoms with E-state index in [2.05, 4.69) is 20.6 Å². The van der Waals surface area contributed by atoms with Gasteiger partial charge in [-0.1, -0.05) is 6.07 Å². The van der Waals surface area contributed by atoms with Gasteiger partial charge in [-0.2, -0.15) is 17.7 Å². The van der Waals surface area contributed by atoms with Gasteiger partial charge in [0.25, 0.3) is 5.82 Å². The van der Waals surface area contributed by atoms with Crippen molar-refractivity contribution >= 4 is 17.4 Å². The molecule has 2 aromatic heterocycles. The minimum atomic E-state index is -4.66. The lowest BCUT2D eigenvalue weighted by molar-refractivity contribution is -0.146. The number of hydrogen-bond acceptors (Lipinski definition) is 6. The molecular formula is C20H20F4N6O2. The van der Waals surface area contributed by atoms with E-state index in [0.29, 0.717) is 41.8 Å². The maximum absolute atomic E-state index is 13.8. The molecule has 0 radical (unpaired) electrons. The number of aromatic nitrogens is 4. The number of alkyl halides is 3. The highest BCUT2D eigenvalue weighted by Gasteiger charge is 2.38. The van der Waals surface area contributed by atoms with Crippen molar-refractivity contribution in [1.29, 1.82) is 0 Å². The van der Waals surface area contributed by atoms with Crippen molar-refractivity contribution in [1.82, 2.24) is 25.1 Å². The summed E-state index contributed by atoms with van der Waals surface area (Å²) in [5, 5.41) is 13.5. The second-order valence-electron chi connectivity index (χ2n) is 7.43. The number of methoxy groups -OCH3 is 1. The van der Waals surface area contributed by atoms with Crippen molar-refractivity contribution in [3.05, 3.63) is 47.5 Å². The summed E-state index contributed by atoms with van der Waals surface area (Å²) in [5.74, 6) is -1.60. The van der Waals surface area contributed by atoms with Gasteiger partial charge in [-0.25, -0.2) is 4.39 Å². The van der Waals surface area contributed by atoms with Crippen molar-refractivity contribution in [3.8, 4) is 5.75 Å². The lowest BCUT2D eigenvalue weighted by Gasteiger charge is -2.32. The van der Waals surface area contributed by atoms with E-state index >= 15 is 0 Å². The van der Waals surface area contributed by atoms with Crippen molar-refractivity contribution < 1.29 is 27.1 Å². The Balaban J connectivity index is 1.35. The van der Waals surface area contributed by atoms with Crippen LogP contribution in [0.4, 0.5) is 23.4 Å². The predicted molar refractivity (Wildman–Crippen MR) is 106 cm³/mol. The summed E-state index contributed by atoms with van der Waals surface area (Å²) < 4.78 is 58.6. The molecule has 1 saturated heterocycles. The maximum atomic E-state index is 13.8. The summed E-state index contributed by atoms with van der Waals surface area (Å²) in [7, 11) is 1.38. The Morgan fingerprint density at radius 2 is 1.94 bits per heavy atom. The van der Waals surface area contributed by atoms with Gasteiger partial charge in [0.15, 0.2) is 17.2 Å². The molecule has 0 bridgehead atoms. The molecule has 1 aliphatic heterocycles. The number of carbonyl (C=O) groups excluding carboxylic acids is 1.